The fourth-order valence-corrected chi connectivity index (χ4v) is 3.55. The fourth-order valence-electron chi connectivity index (χ4n) is 2.92. The van der Waals surface area contributed by atoms with E-state index in [9.17, 15) is 30.8 Å². The third-order valence-electron chi connectivity index (χ3n) is 4.53. The molecule has 5 nitrogen and oxygen atoms in total. The molecule has 3 rings (SSSR count). The zero-order chi connectivity index (χ0) is 23.0. The Morgan fingerprint density at radius 2 is 1.61 bits per heavy atom. The van der Waals surface area contributed by atoms with Crippen LogP contribution in [0.15, 0.2) is 77.1 Å². The third-order valence-corrected chi connectivity index (χ3v) is 5.65. The lowest BCUT2D eigenvalue weighted by Crippen LogP contribution is -2.42. The number of halogens is 4. The molecule has 0 spiro atoms. The predicted octanol–water partition coefficient (Wildman–Crippen LogP) is 4.19. The Morgan fingerprint density at radius 3 is 2.13 bits per heavy atom. The van der Waals surface area contributed by atoms with Crippen molar-refractivity contribution in [3.8, 4) is 22.3 Å². The number of benzene rings is 2. The van der Waals surface area contributed by atoms with Gasteiger partial charge in [0.2, 0.25) is 6.17 Å². The highest BCUT2D eigenvalue weighted by Gasteiger charge is 2.43. The minimum atomic E-state index is -4.31. The standard InChI is InChI=1S/C21H16F4N2O3S/c1-3-18(23)21(24,25)27-20(28)19(14-4-8-15(22)9-5-14)17(12-26-27)13-6-10-16(11-7-13)31(2,29)30/h3-12,18H,1H2,2H3. The summed E-state index contributed by atoms with van der Waals surface area (Å²) in [4.78, 5) is 13.0. The van der Waals surface area contributed by atoms with Crippen molar-refractivity contribution >= 4 is 9.84 Å². The van der Waals surface area contributed by atoms with E-state index < -0.39 is 33.4 Å². The minimum absolute atomic E-state index is 0.0127. The van der Waals surface area contributed by atoms with Crippen LogP contribution in [0.1, 0.15) is 0 Å². The van der Waals surface area contributed by atoms with Gasteiger partial charge in [-0.25, -0.2) is 17.2 Å². The van der Waals surface area contributed by atoms with Gasteiger partial charge in [-0.1, -0.05) is 30.8 Å². The van der Waals surface area contributed by atoms with Gasteiger partial charge >= 0.3 is 6.05 Å². The highest BCUT2D eigenvalue weighted by molar-refractivity contribution is 7.90. The topological polar surface area (TPSA) is 69.0 Å². The van der Waals surface area contributed by atoms with E-state index in [4.69, 9.17) is 0 Å². The molecule has 0 radical (unpaired) electrons. The summed E-state index contributed by atoms with van der Waals surface area (Å²) in [6.45, 7) is 2.98. The SMILES string of the molecule is C=CC(F)C(F)(F)n1ncc(-c2ccc(S(C)(=O)=O)cc2)c(-c2ccc(F)cc2)c1=O. The van der Waals surface area contributed by atoms with Crippen LogP contribution in [-0.4, -0.2) is 30.6 Å². The number of alkyl halides is 3. The highest BCUT2D eigenvalue weighted by Crippen LogP contribution is 2.32. The third kappa shape index (κ3) is 4.29. The largest absolute Gasteiger partial charge is 0.381 e. The van der Waals surface area contributed by atoms with Crippen LogP contribution < -0.4 is 5.56 Å². The zero-order valence-electron chi connectivity index (χ0n) is 16.1. The van der Waals surface area contributed by atoms with Crippen molar-refractivity contribution in [3.05, 3.63) is 83.6 Å². The lowest BCUT2D eigenvalue weighted by molar-refractivity contribution is -0.139. The molecule has 1 atom stereocenters. The first-order valence-electron chi connectivity index (χ1n) is 8.80. The molecule has 1 unspecified atom stereocenters. The smallest absolute Gasteiger partial charge is 0.267 e. The fraction of sp³-hybridized carbons (Fsp3) is 0.143. The first-order chi connectivity index (χ1) is 14.5. The van der Waals surface area contributed by atoms with E-state index in [0.717, 1.165) is 24.6 Å². The van der Waals surface area contributed by atoms with Crippen molar-refractivity contribution in [2.45, 2.75) is 17.1 Å². The van der Waals surface area contributed by atoms with Crippen molar-refractivity contribution in [3.63, 3.8) is 0 Å². The number of sulfone groups is 1. The van der Waals surface area contributed by atoms with Crippen molar-refractivity contribution in [2.24, 2.45) is 0 Å². The van der Waals surface area contributed by atoms with Crippen molar-refractivity contribution in [1.29, 1.82) is 0 Å². The Morgan fingerprint density at radius 1 is 1.06 bits per heavy atom. The van der Waals surface area contributed by atoms with Gasteiger partial charge in [0, 0.05) is 11.8 Å². The van der Waals surface area contributed by atoms with E-state index in [1.807, 2.05) is 0 Å². The molecule has 0 aliphatic heterocycles. The van der Waals surface area contributed by atoms with Crippen LogP contribution in [0.25, 0.3) is 22.3 Å². The van der Waals surface area contributed by atoms with Crippen LogP contribution >= 0.6 is 0 Å². The molecule has 0 aliphatic rings. The maximum Gasteiger partial charge on any atom is 0.381 e. The highest BCUT2D eigenvalue weighted by atomic mass is 32.2. The van der Waals surface area contributed by atoms with Crippen LogP contribution in [0.4, 0.5) is 17.6 Å². The molecule has 2 aromatic carbocycles. The van der Waals surface area contributed by atoms with Gasteiger partial charge in [-0.2, -0.15) is 18.6 Å². The first-order valence-corrected chi connectivity index (χ1v) is 10.7. The van der Waals surface area contributed by atoms with Gasteiger partial charge in [0.05, 0.1) is 16.7 Å². The Hall–Kier alpha value is -3.27. The van der Waals surface area contributed by atoms with Gasteiger partial charge in [-0.05, 0) is 41.5 Å². The van der Waals surface area contributed by atoms with Crippen LogP contribution in [0.5, 0.6) is 0 Å². The van der Waals surface area contributed by atoms with E-state index in [2.05, 4.69) is 11.7 Å². The number of hydrogen-bond donors (Lipinski definition) is 0. The van der Waals surface area contributed by atoms with Crippen molar-refractivity contribution in [1.82, 2.24) is 9.78 Å². The number of aromatic nitrogens is 2. The van der Waals surface area contributed by atoms with Gasteiger partial charge in [0.1, 0.15) is 5.82 Å². The first kappa shape index (κ1) is 22.4. The molecule has 10 heteroatoms. The summed E-state index contributed by atoms with van der Waals surface area (Å²) in [5, 5.41) is 3.44. The quantitative estimate of drug-likeness (QED) is 0.415. The summed E-state index contributed by atoms with van der Waals surface area (Å²) in [6.07, 6.45) is -0.564. The number of rotatable bonds is 6. The average Bonchev–Trinajstić information content (AvgIpc) is 2.73. The summed E-state index contributed by atoms with van der Waals surface area (Å²) in [5.74, 6) is -0.613. The molecule has 1 heterocycles. The minimum Gasteiger partial charge on any atom is -0.267 e. The Balaban J connectivity index is 2.29. The van der Waals surface area contributed by atoms with E-state index in [-0.39, 0.29) is 26.3 Å². The van der Waals surface area contributed by atoms with Crippen LogP contribution in [0.3, 0.4) is 0 Å². The molecule has 0 amide bonds. The molecule has 1 aromatic heterocycles. The van der Waals surface area contributed by atoms with Crippen LogP contribution in [0.2, 0.25) is 0 Å². The van der Waals surface area contributed by atoms with E-state index >= 15 is 0 Å². The number of allylic oxidation sites excluding steroid dienone is 1. The van der Waals surface area contributed by atoms with Crippen LogP contribution in [-0.2, 0) is 15.9 Å². The second-order valence-corrected chi connectivity index (χ2v) is 8.69. The van der Waals surface area contributed by atoms with Gasteiger partial charge in [0.25, 0.3) is 5.56 Å². The molecule has 0 saturated carbocycles. The molecule has 0 fully saturated rings. The van der Waals surface area contributed by atoms with Gasteiger partial charge in [-0.3, -0.25) is 4.79 Å². The lowest BCUT2D eigenvalue weighted by Gasteiger charge is -2.21. The number of nitrogens with zero attached hydrogens (tertiary/aromatic N) is 2. The monoisotopic (exact) mass is 452 g/mol. The molecule has 0 saturated heterocycles. The molecule has 162 valence electrons. The molecular formula is C21H16F4N2O3S. The normalized spacial score (nSPS) is 13.1. The zero-order valence-corrected chi connectivity index (χ0v) is 16.9. The van der Waals surface area contributed by atoms with Crippen molar-refractivity contribution in [2.75, 3.05) is 6.26 Å². The second kappa shape index (κ2) is 8.10. The Labute approximate surface area is 175 Å². The van der Waals surface area contributed by atoms with E-state index in [1.165, 1.54) is 36.4 Å². The molecule has 3 aromatic rings. The van der Waals surface area contributed by atoms with Crippen LogP contribution in [0, 0.1) is 5.82 Å². The van der Waals surface area contributed by atoms with Gasteiger partial charge in [-0.15, -0.1) is 0 Å². The predicted molar refractivity (Wildman–Crippen MR) is 108 cm³/mol. The van der Waals surface area contributed by atoms with Crippen molar-refractivity contribution < 1.29 is 26.0 Å². The maximum absolute atomic E-state index is 14.4. The lowest BCUT2D eigenvalue weighted by atomic mass is 9.97. The van der Waals surface area contributed by atoms with Gasteiger partial charge in [0.15, 0.2) is 9.84 Å². The maximum atomic E-state index is 14.4. The van der Waals surface area contributed by atoms with E-state index in [0.29, 0.717) is 11.6 Å². The average molecular weight is 452 g/mol. The number of hydrogen-bond acceptors (Lipinski definition) is 4. The Bertz CT molecular complexity index is 1290. The summed E-state index contributed by atoms with van der Waals surface area (Å²) < 4.78 is 79.0. The summed E-state index contributed by atoms with van der Waals surface area (Å²) in [7, 11) is -3.49. The molecule has 0 aliphatic carbocycles. The van der Waals surface area contributed by atoms with Gasteiger partial charge < -0.3 is 0 Å². The second-order valence-electron chi connectivity index (χ2n) is 6.68. The van der Waals surface area contributed by atoms with E-state index in [1.54, 1.807) is 0 Å². The molecule has 0 N–H and O–H groups in total. The molecule has 31 heavy (non-hydrogen) atoms. The summed E-state index contributed by atoms with van der Waals surface area (Å²) in [6, 6.07) is 5.52. The summed E-state index contributed by atoms with van der Waals surface area (Å²) in [5.41, 5.74) is -1.12. The summed E-state index contributed by atoms with van der Waals surface area (Å²) >= 11 is 0. The molecule has 0 bridgehead atoms. The Kier molecular flexibility index (Phi) is 5.86. The molecular weight excluding hydrogens is 436 g/mol.